The van der Waals surface area contributed by atoms with Crippen LogP contribution in [0.15, 0.2) is 24.3 Å². The second-order valence-corrected chi connectivity index (χ2v) is 7.08. The molecule has 1 aromatic rings. The minimum Gasteiger partial charge on any atom is -0.480 e. The number of carbonyl (C=O) groups excluding carboxylic acids is 1. The topological polar surface area (TPSA) is 75.6 Å². The van der Waals surface area contributed by atoms with E-state index >= 15 is 0 Å². The van der Waals surface area contributed by atoms with Gasteiger partial charge in [-0.15, -0.1) is 0 Å². The number of hydrogen-bond donors (Lipinski definition) is 2. The van der Waals surface area contributed by atoms with Crippen LogP contribution in [0.2, 0.25) is 5.02 Å². The molecule has 6 heteroatoms. The van der Waals surface area contributed by atoms with Crippen LogP contribution >= 0.6 is 11.6 Å². The predicted octanol–water partition coefficient (Wildman–Crippen LogP) is 3.60. The van der Waals surface area contributed by atoms with Crippen LogP contribution in [0.25, 0.3) is 0 Å². The van der Waals surface area contributed by atoms with Gasteiger partial charge in [-0.05, 0) is 38.5 Å². The second-order valence-electron chi connectivity index (χ2n) is 6.65. The number of carbonyl (C=O) groups is 2. The molecule has 1 aromatic carbocycles. The maximum atomic E-state index is 11.9. The summed E-state index contributed by atoms with van der Waals surface area (Å²) in [6.07, 6.45) is -0.762. The van der Waals surface area contributed by atoms with Crippen molar-refractivity contribution in [2.24, 2.45) is 0 Å². The molecule has 0 radical (unpaired) electrons. The van der Waals surface area contributed by atoms with Crippen molar-refractivity contribution in [3.05, 3.63) is 34.9 Å². The molecule has 0 aromatic heterocycles. The molecule has 0 saturated heterocycles. The number of hydrogen-bond acceptors (Lipinski definition) is 3. The van der Waals surface area contributed by atoms with E-state index in [0.717, 1.165) is 5.56 Å². The monoisotopic (exact) mass is 327 g/mol. The lowest BCUT2D eigenvalue weighted by atomic mass is 9.77. The number of halogens is 1. The number of nitrogens with one attached hydrogen (secondary N) is 1. The Balaban J connectivity index is 3.01. The number of carboxylic acids is 1. The van der Waals surface area contributed by atoms with Gasteiger partial charge in [0.1, 0.15) is 11.6 Å². The Labute approximate surface area is 135 Å². The summed E-state index contributed by atoms with van der Waals surface area (Å²) in [4.78, 5) is 23.5. The van der Waals surface area contributed by atoms with Gasteiger partial charge in [0.15, 0.2) is 0 Å². The van der Waals surface area contributed by atoms with E-state index < -0.39 is 29.1 Å². The van der Waals surface area contributed by atoms with Crippen LogP contribution < -0.4 is 5.32 Å². The molecule has 1 unspecified atom stereocenters. The Bertz CT molecular complexity index is 546. The van der Waals surface area contributed by atoms with Crippen LogP contribution in [0.3, 0.4) is 0 Å². The van der Waals surface area contributed by atoms with E-state index in [4.69, 9.17) is 16.3 Å². The smallest absolute Gasteiger partial charge is 0.408 e. The zero-order valence-electron chi connectivity index (χ0n) is 13.4. The molecule has 0 aliphatic heterocycles. The number of rotatable bonds is 4. The molecule has 0 aliphatic carbocycles. The van der Waals surface area contributed by atoms with Gasteiger partial charge in [0.05, 0.1) is 0 Å². The molecule has 0 spiro atoms. The average Bonchev–Trinajstić information content (AvgIpc) is 2.33. The molecule has 22 heavy (non-hydrogen) atoms. The highest BCUT2D eigenvalue weighted by molar-refractivity contribution is 6.30. The molecular weight excluding hydrogens is 306 g/mol. The maximum Gasteiger partial charge on any atom is 0.408 e. The van der Waals surface area contributed by atoms with E-state index in [1.165, 1.54) is 0 Å². The van der Waals surface area contributed by atoms with Crippen LogP contribution in [0.4, 0.5) is 4.79 Å². The quantitative estimate of drug-likeness (QED) is 0.886. The van der Waals surface area contributed by atoms with E-state index in [0.29, 0.717) is 5.02 Å². The first-order valence-electron chi connectivity index (χ1n) is 6.92. The molecule has 2 N–H and O–H groups in total. The molecule has 1 atom stereocenters. The van der Waals surface area contributed by atoms with Crippen molar-refractivity contribution in [1.29, 1.82) is 0 Å². The number of aliphatic carboxylic acids is 1. The Morgan fingerprint density at radius 1 is 1.14 bits per heavy atom. The van der Waals surface area contributed by atoms with Gasteiger partial charge in [-0.25, -0.2) is 9.59 Å². The van der Waals surface area contributed by atoms with Gasteiger partial charge >= 0.3 is 12.1 Å². The molecule has 0 heterocycles. The van der Waals surface area contributed by atoms with Gasteiger partial charge in [-0.2, -0.15) is 0 Å². The predicted molar refractivity (Wildman–Crippen MR) is 85.3 cm³/mol. The van der Waals surface area contributed by atoms with Crippen molar-refractivity contribution in [2.75, 3.05) is 0 Å². The molecule has 122 valence electrons. The number of amides is 1. The van der Waals surface area contributed by atoms with Crippen molar-refractivity contribution in [3.8, 4) is 0 Å². The fourth-order valence-corrected chi connectivity index (χ4v) is 2.15. The summed E-state index contributed by atoms with van der Waals surface area (Å²) in [5.41, 5.74) is -0.786. The normalized spacial score (nSPS) is 13.4. The van der Waals surface area contributed by atoms with Crippen LogP contribution in [0, 0.1) is 0 Å². The first-order valence-corrected chi connectivity index (χ1v) is 7.29. The third kappa shape index (κ3) is 4.91. The molecule has 0 aliphatic rings. The Hall–Kier alpha value is -1.75. The van der Waals surface area contributed by atoms with Gasteiger partial charge < -0.3 is 15.2 Å². The van der Waals surface area contributed by atoms with Gasteiger partial charge in [0.25, 0.3) is 0 Å². The largest absolute Gasteiger partial charge is 0.480 e. The number of alkyl carbamates (subject to hydrolysis) is 1. The summed E-state index contributed by atoms with van der Waals surface area (Å²) >= 11 is 5.85. The number of ether oxygens (including phenoxy) is 1. The zero-order valence-corrected chi connectivity index (χ0v) is 14.2. The summed E-state index contributed by atoms with van der Waals surface area (Å²) in [5.74, 6) is -1.13. The molecule has 1 rings (SSSR count). The SMILES string of the molecule is CC(C)(C)OC(=O)NC(C(=O)O)C(C)(C)c1ccc(Cl)cc1. The van der Waals surface area contributed by atoms with E-state index in [-0.39, 0.29) is 0 Å². The average molecular weight is 328 g/mol. The van der Waals surface area contributed by atoms with Gasteiger partial charge in [-0.1, -0.05) is 37.6 Å². The minimum atomic E-state index is -1.14. The Kier molecular flexibility index (Phi) is 5.46. The maximum absolute atomic E-state index is 11.9. The minimum absolute atomic E-state index is 0.562. The number of benzene rings is 1. The lowest BCUT2D eigenvalue weighted by molar-refractivity contribution is -0.141. The molecule has 5 nitrogen and oxygen atoms in total. The standard InChI is InChI=1S/C16H22ClNO4/c1-15(2,3)22-14(21)18-12(13(19)20)16(4,5)10-6-8-11(17)9-7-10/h6-9,12H,1-5H3,(H,18,21)(H,19,20). The van der Waals surface area contributed by atoms with Crippen LogP contribution in [0.5, 0.6) is 0 Å². The highest BCUT2D eigenvalue weighted by Gasteiger charge is 2.38. The van der Waals surface area contributed by atoms with Gasteiger partial charge in [-0.3, -0.25) is 0 Å². The third-order valence-corrected chi connectivity index (χ3v) is 3.47. The molecule has 1 amide bonds. The van der Waals surface area contributed by atoms with E-state index in [1.807, 2.05) is 0 Å². The second kappa shape index (κ2) is 6.57. The van der Waals surface area contributed by atoms with E-state index in [9.17, 15) is 14.7 Å². The summed E-state index contributed by atoms with van der Waals surface area (Å²) < 4.78 is 5.13. The first-order chi connectivity index (χ1) is 9.93. The van der Waals surface area contributed by atoms with Crippen molar-refractivity contribution < 1.29 is 19.4 Å². The van der Waals surface area contributed by atoms with Crippen molar-refractivity contribution in [1.82, 2.24) is 5.32 Å². The summed E-state index contributed by atoms with van der Waals surface area (Å²) in [6, 6.07) is 5.73. The van der Waals surface area contributed by atoms with Crippen LogP contribution in [0.1, 0.15) is 40.2 Å². The lowest BCUT2D eigenvalue weighted by Crippen LogP contribution is -2.53. The van der Waals surface area contributed by atoms with Crippen molar-refractivity contribution in [2.45, 2.75) is 51.7 Å². The fraction of sp³-hybridized carbons (Fsp3) is 0.500. The van der Waals surface area contributed by atoms with Crippen LogP contribution in [-0.4, -0.2) is 28.8 Å². The van der Waals surface area contributed by atoms with Gasteiger partial charge in [0, 0.05) is 10.4 Å². The highest BCUT2D eigenvalue weighted by atomic mass is 35.5. The molecule has 0 saturated carbocycles. The van der Waals surface area contributed by atoms with E-state index in [1.54, 1.807) is 58.9 Å². The highest BCUT2D eigenvalue weighted by Crippen LogP contribution is 2.29. The Morgan fingerprint density at radius 2 is 1.64 bits per heavy atom. The Morgan fingerprint density at radius 3 is 2.05 bits per heavy atom. The number of carboxylic acid groups (broad SMARTS) is 1. The summed E-state index contributed by atoms with van der Waals surface area (Å²) in [5, 5.41) is 12.5. The van der Waals surface area contributed by atoms with Crippen LogP contribution in [-0.2, 0) is 14.9 Å². The van der Waals surface area contributed by atoms with Crippen molar-refractivity contribution >= 4 is 23.7 Å². The third-order valence-electron chi connectivity index (χ3n) is 3.22. The van der Waals surface area contributed by atoms with Gasteiger partial charge in [0.2, 0.25) is 0 Å². The fourth-order valence-electron chi connectivity index (χ4n) is 2.02. The molecule has 0 fully saturated rings. The lowest BCUT2D eigenvalue weighted by Gasteiger charge is -2.33. The van der Waals surface area contributed by atoms with E-state index in [2.05, 4.69) is 5.32 Å². The first kappa shape index (κ1) is 18.3. The summed E-state index contributed by atoms with van der Waals surface area (Å²) in [7, 11) is 0. The molecule has 0 bridgehead atoms. The molecular formula is C16H22ClNO4. The van der Waals surface area contributed by atoms with Crippen molar-refractivity contribution in [3.63, 3.8) is 0 Å². The zero-order chi connectivity index (χ0) is 17.1. The summed E-state index contributed by atoms with van der Waals surface area (Å²) in [6.45, 7) is 8.63.